The van der Waals surface area contributed by atoms with Gasteiger partial charge in [-0.3, -0.25) is 20.4 Å². The van der Waals surface area contributed by atoms with Crippen molar-refractivity contribution in [3.8, 4) is 0 Å². The minimum Gasteiger partial charge on any atom is -0.370 e. The first-order chi connectivity index (χ1) is 8.10. The Labute approximate surface area is 99.6 Å². The molecule has 0 heterocycles. The number of hydrogen-bond donors (Lipinski definition) is 4. The van der Waals surface area contributed by atoms with Crippen molar-refractivity contribution in [2.75, 3.05) is 19.6 Å². The van der Waals surface area contributed by atoms with Gasteiger partial charge in [-0.2, -0.15) is 0 Å². The summed E-state index contributed by atoms with van der Waals surface area (Å²) in [6.07, 6.45) is 1.52. The number of aldehydes is 1. The Morgan fingerprint density at radius 2 is 1.88 bits per heavy atom. The summed E-state index contributed by atoms with van der Waals surface area (Å²) < 4.78 is 0. The molecular weight excluding hydrogens is 226 g/mol. The first-order valence-corrected chi connectivity index (χ1v) is 5.30. The number of nitrogens with one attached hydrogen (secondary N) is 2. The normalized spacial score (nSPS) is 10.2. The molecule has 0 bridgehead atoms. The van der Waals surface area contributed by atoms with Crippen molar-refractivity contribution in [2.24, 2.45) is 11.6 Å². The zero-order valence-electron chi connectivity index (χ0n) is 9.65. The molecular formula is C9H19N5O3. The highest BCUT2D eigenvalue weighted by Gasteiger charge is 2.08. The maximum Gasteiger partial charge on any atom is 0.235 e. The second-order valence-electron chi connectivity index (χ2n) is 3.38. The van der Waals surface area contributed by atoms with Crippen LogP contribution in [0.3, 0.4) is 0 Å². The van der Waals surface area contributed by atoms with E-state index in [1.807, 2.05) is 5.43 Å². The molecule has 8 heteroatoms. The fourth-order valence-electron chi connectivity index (χ4n) is 1.11. The molecule has 6 N–H and O–H groups in total. The van der Waals surface area contributed by atoms with Gasteiger partial charge in [-0.25, -0.2) is 10.9 Å². The molecule has 0 aliphatic rings. The fraction of sp³-hybridized carbons (Fsp3) is 0.667. The van der Waals surface area contributed by atoms with E-state index in [1.54, 1.807) is 5.01 Å². The quantitative estimate of drug-likeness (QED) is 0.112. The monoisotopic (exact) mass is 245 g/mol. The third-order valence-electron chi connectivity index (χ3n) is 2.00. The standard InChI is InChI=1S/C9H19N5O3/c10-8(16)2-5-14(12-4-1-7-15)6-3-9(17)13-11/h7,12H,1-6,11H2,(H2,10,16)(H,13,17). The van der Waals surface area contributed by atoms with Gasteiger partial charge in [0.1, 0.15) is 6.29 Å². The first kappa shape index (κ1) is 15.5. The molecule has 0 rings (SSSR count). The van der Waals surface area contributed by atoms with Gasteiger partial charge in [-0.1, -0.05) is 0 Å². The molecule has 0 aromatic heterocycles. The van der Waals surface area contributed by atoms with E-state index >= 15 is 0 Å². The van der Waals surface area contributed by atoms with Crippen LogP contribution in [0.2, 0.25) is 0 Å². The molecule has 98 valence electrons. The third kappa shape index (κ3) is 9.42. The summed E-state index contributed by atoms with van der Waals surface area (Å²) in [7, 11) is 0. The average Bonchev–Trinajstić information content (AvgIpc) is 2.31. The first-order valence-electron chi connectivity index (χ1n) is 5.30. The Morgan fingerprint density at radius 3 is 2.41 bits per heavy atom. The van der Waals surface area contributed by atoms with Crippen molar-refractivity contribution >= 4 is 18.1 Å². The number of amides is 2. The zero-order valence-corrected chi connectivity index (χ0v) is 9.65. The summed E-state index contributed by atoms with van der Waals surface area (Å²) in [5, 5.41) is 1.67. The van der Waals surface area contributed by atoms with E-state index in [0.29, 0.717) is 26.1 Å². The van der Waals surface area contributed by atoms with Crippen molar-refractivity contribution in [3.63, 3.8) is 0 Å². The lowest BCUT2D eigenvalue weighted by Gasteiger charge is -2.21. The number of carbonyl (C=O) groups excluding carboxylic acids is 3. The van der Waals surface area contributed by atoms with Gasteiger partial charge in [0.2, 0.25) is 11.8 Å². The number of carbonyl (C=O) groups is 3. The summed E-state index contributed by atoms with van der Waals surface area (Å²) in [5.41, 5.74) is 9.97. The molecule has 0 aliphatic heterocycles. The van der Waals surface area contributed by atoms with Crippen LogP contribution in [-0.2, 0) is 14.4 Å². The van der Waals surface area contributed by atoms with Crippen LogP contribution in [0.1, 0.15) is 19.3 Å². The van der Waals surface area contributed by atoms with Gasteiger partial charge >= 0.3 is 0 Å². The largest absolute Gasteiger partial charge is 0.370 e. The number of nitrogens with two attached hydrogens (primary N) is 2. The van der Waals surface area contributed by atoms with Gasteiger partial charge in [-0.15, -0.1) is 0 Å². The van der Waals surface area contributed by atoms with Crippen molar-refractivity contribution < 1.29 is 14.4 Å². The minimum absolute atomic E-state index is 0.179. The second-order valence-corrected chi connectivity index (χ2v) is 3.38. The molecule has 0 radical (unpaired) electrons. The molecule has 17 heavy (non-hydrogen) atoms. The van der Waals surface area contributed by atoms with Crippen molar-refractivity contribution in [1.29, 1.82) is 0 Å². The Bertz CT molecular complexity index is 259. The van der Waals surface area contributed by atoms with Crippen LogP contribution < -0.4 is 22.4 Å². The van der Waals surface area contributed by atoms with Crippen molar-refractivity contribution in [2.45, 2.75) is 19.3 Å². The van der Waals surface area contributed by atoms with Crippen LogP contribution in [0.5, 0.6) is 0 Å². The molecule has 0 spiro atoms. The van der Waals surface area contributed by atoms with Gasteiger partial charge < -0.3 is 10.5 Å². The van der Waals surface area contributed by atoms with Gasteiger partial charge in [0.15, 0.2) is 0 Å². The lowest BCUT2D eigenvalue weighted by Crippen LogP contribution is -2.43. The second kappa shape index (κ2) is 9.70. The molecule has 0 unspecified atom stereocenters. The predicted molar refractivity (Wildman–Crippen MR) is 61.0 cm³/mol. The summed E-state index contributed by atoms with van der Waals surface area (Å²) in [4.78, 5) is 31.7. The van der Waals surface area contributed by atoms with Gasteiger partial charge in [0, 0.05) is 38.9 Å². The Morgan fingerprint density at radius 1 is 1.24 bits per heavy atom. The van der Waals surface area contributed by atoms with E-state index in [-0.39, 0.29) is 18.7 Å². The lowest BCUT2D eigenvalue weighted by atomic mass is 10.3. The van der Waals surface area contributed by atoms with E-state index in [2.05, 4.69) is 5.43 Å². The molecule has 0 fully saturated rings. The highest BCUT2D eigenvalue weighted by atomic mass is 16.2. The molecule has 0 aromatic carbocycles. The number of primary amides is 1. The molecule has 0 saturated carbocycles. The summed E-state index contributed by atoms with van der Waals surface area (Å²) >= 11 is 0. The smallest absolute Gasteiger partial charge is 0.235 e. The summed E-state index contributed by atoms with van der Waals surface area (Å²) in [6.45, 7) is 1.22. The third-order valence-corrected chi connectivity index (χ3v) is 2.00. The van der Waals surface area contributed by atoms with Crippen molar-refractivity contribution in [1.82, 2.24) is 15.9 Å². The number of nitrogens with zero attached hydrogens (tertiary/aromatic N) is 1. The van der Waals surface area contributed by atoms with E-state index in [4.69, 9.17) is 11.6 Å². The number of hydrogen-bond acceptors (Lipinski definition) is 6. The van der Waals surface area contributed by atoms with Crippen LogP contribution in [0.4, 0.5) is 0 Å². The Hall–Kier alpha value is -1.51. The highest BCUT2D eigenvalue weighted by molar-refractivity contribution is 5.75. The van der Waals surface area contributed by atoms with Gasteiger partial charge in [0.25, 0.3) is 0 Å². The van der Waals surface area contributed by atoms with Gasteiger partial charge in [0.05, 0.1) is 0 Å². The van der Waals surface area contributed by atoms with E-state index < -0.39 is 5.91 Å². The number of rotatable bonds is 10. The topological polar surface area (TPSA) is 131 Å². The number of hydrazine groups is 2. The molecule has 0 saturated heterocycles. The Kier molecular flexibility index (Phi) is 8.84. The lowest BCUT2D eigenvalue weighted by molar-refractivity contribution is -0.121. The minimum atomic E-state index is -0.421. The average molecular weight is 245 g/mol. The molecule has 2 amide bonds. The van der Waals surface area contributed by atoms with Crippen LogP contribution in [0.25, 0.3) is 0 Å². The van der Waals surface area contributed by atoms with Crippen LogP contribution in [0, 0.1) is 0 Å². The fourth-order valence-corrected chi connectivity index (χ4v) is 1.11. The van der Waals surface area contributed by atoms with E-state index in [1.165, 1.54) is 0 Å². The Balaban J connectivity index is 3.95. The van der Waals surface area contributed by atoms with E-state index in [0.717, 1.165) is 6.29 Å². The maximum atomic E-state index is 10.9. The SMILES string of the molecule is NNC(=O)CCN(CCC(N)=O)NCCC=O. The highest BCUT2D eigenvalue weighted by Crippen LogP contribution is 1.91. The molecule has 8 nitrogen and oxygen atoms in total. The molecule has 0 atom stereocenters. The van der Waals surface area contributed by atoms with Crippen LogP contribution in [0.15, 0.2) is 0 Å². The van der Waals surface area contributed by atoms with Crippen LogP contribution >= 0.6 is 0 Å². The van der Waals surface area contributed by atoms with E-state index in [9.17, 15) is 14.4 Å². The molecule has 0 aliphatic carbocycles. The zero-order chi connectivity index (χ0) is 13.1. The van der Waals surface area contributed by atoms with Gasteiger partial charge in [-0.05, 0) is 0 Å². The van der Waals surface area contributed by atoms with Crippen LogP contribution in [-0.4, -0.2) is 42.7 Å². The summed E-state index contributed by atoms with van der Waals surface area (Å²) in [5.74, 6) is 4.22. The van der Waals surface area contributed by atoms with Crippen molar-refractivity contribution in [3.05, 3.63) is 0 Å². The molecule has 0 aromatic rings. The predicted octanol–water partition coefficient (Wildman–Crippen LogP) is -2.36. The maximum absolute atomic E-state index is 10.9. The summed E-state index contributed by atoms with van der Waals surface area (Å²) in [6, 6.07) is 0.